The number of aromatic nitrogens is 1. The number of pyridine rings is 1. The molecule has 0 N–H and O–H groups in total. The molecule has 0 saturated heterocycles. The van der Waals surface area contributed by atoms with Crippen molar-refractivity contribution in [1.82, 2.24) is 9.99 Å². The van der Waals surface area contributed by atoms with Crippen LogP contribution in [-0.2, 0) is 0 Å². The molecule has 2 atom stereocenters. The van der Waals surface area contributed by atoms with E-state index in [4.69, 9.17) is 14.3 Å². The molecule has 1 aromatic carbocycles. The average molecular weight is 317 g/mol. The zero-order chi connectivity index (χ0) is 15.9. The van der Waals surface area contributed by atoms with Gasteiger partial charge in [-0.1, -0.05) is 18.2 Å². The van der Waals surface area contributed by atoms with Crippen molar-refractivity contribution in [2.45, 2.75) is 18.7 Å². The van der Waals surface area contributed by atoms with Crippen molar-refractivity contribution in [3.8, 4) is 5.75 Å². The molecule has 0 aliphatic carbocycles. The van der Waals surface area contributed by atoms with Crippen LogP contribution >= 0.6 is 0 Å². The molecule has 2 aromatic heterocycles. The maximum Gasteiger partial charge on any atom is 0.213 e. The molecule has 2 aliphatic heterocycles. The Kier molecular flexibility index (Phi) is 2.91. The van der Waals surface area contributed by atoms with Crippen LogP contribution in [0.15, 0.2) is 76.7 Å². The van der Waals surface area contributed by atoms with Gasteiger partial charge in [0.1, 0.15) is 17.2 Å². The molecule has 0 amide bonds. The van der Waals surface area contributed by atoms with Crippen LogP contribution in [0, 0.1) is 0 Å². The molecule has 0 bridgehead atoms. The highest BCUT2D eigenvalue weighted by atomic mass is 16.5. The van der Waals surface area contributed by atoms with Crippen molar-refractivity contribution in [1.29, 1.82) is 0 Å². The Balaban J connectivity index is 1.62. The van der Waals surface area contributed by atoms with E-state index in [0.29, 0.717) is 0 Å². The van der Waals surface area contributed by atoms with Crippen LogP contribution in [0.2, 0.25) is 0 Å². The van der Waals surface area contributed by atoms with Gasteiger partial charge in [-0.25, -0.2) is 5.01 Å². The van der Waals surface area contributed by atoms with Gasteiger partial charge in [-0.3, -0.25) is 4.98 Å². The molecule has 0 unspecified atom stereocenters. The largest absolute Gasteiger partial charge is 0.464 e. The Hall–Kier alpha value is -3.08. The van der Waals surface area contributed by atoms with E-state index in [-0.39, 0.29) is 12.3 Å². The monoisotopic (exact) mass is 317 g/mol. The van der Waals surface area contributed by atoms with E-state index in [1.807, 2.05) is 47.5 Å². The van der Waals surface area contributed by atoms with Gasteiger partial charge in [-0.05, 0) is 30.3 Å². The second kappa shape index (κ2) is 5.23. The first-order valence-electron chi connectivity index (χ1n) is 7.95. The first-order chi connectivity index (χ1) is 11.9. The number of ether oxygens (including phenoxy) is 1. The number of nitrogens with zero attached hydrogens (tertiary/aromatic N) is 3. The van der Waals surface area contributed by atoms with E-state index in [9.17, 15) is 0 Å². The quantitative estimate of drug-likeness (QED) is 0.719. The van der Waals surface area contributed by atoms with Crippen LogP contribution in [0.1, 0.15) is 35.6 Å². The lowest BCUT2D eigenvalue weighted by Crippen LogP contribution is -2.33. The molecule has 5 rings (SSSR count). The van der Waals surface area contributed by atoms with Crippen molar-refractivity contribution >= 4 is 5.71 Å². The van der Waals surface area contributed by atoms with Crippen molar-refractivity contribution in [3.63, 3.8) is 0 Å². The number of hydrazone groups is 1. The predicted octanol–water partition coefficient (Wildman–Crippen LogP) is 3.92. The van der Waals surface area contributed by atoms with E-state index in [1.165, 1.54) is 0 Å². The third-order valence-corrected chi connectivity index (χ3v) is 4.50. The first kappa shape index (κ1) is 13.4. The molecule has 5 heteroatoms. The first-order valence-corrected chi connectivity index (χ1v) is 7.95. The summed E-state index contributed by atoms with van der Waals surface area (Å²) in [5.41, 5.74) is 3.14. The Morgan fingerprint density at radius 2 is 1.88 bits per heavy atom. The summed E-state index contributed by atoms with van der Waals surface area (Å²) in [6.07, 6.45) is 5.78. The summed E-state index contributed by atoms with van der Waals surface area (Å²) in [7, 11) is 0. The normalized spacial score (nSPS) is 21.7. The van der Waals surface area contributed by atoms with Crippen molar-refractivity contribution in [2.75, 3.05) is 0 Å². The van der Waals surface area contributed by atoms with Crippen molar-refractivity contribution < 1.29 is 9.15 Å². The van der Waals surface area contributed by atoms with Gasteiger partial charge in [0.05, 0.1) is 12.3 Å². The molecule has 2 aliphatic rings. The van der Waals surface area contributed by atoms with Gasteiger partial charge in [0.15, 0.2) is 0 Å². The van der Waals surface area contributed by atoms with Gasteiger partial charge < -0.3 is 9.15 Å². The zero-order valence-corrected chi connectivity index (χ0v) is 12.9. The number of para-hydroxylation sites is 1. The van der Waals surface area contributed by atoms with Crippen LogP contribution in [-0.4, -0.2) is 15.7 Å². The number of hydrogen-bond acceptors (Lipinski definition) is 5. The van der Waals surface area contributed by atoms with E-state index in [0.717, 1.165) is 34.8 Å². The highest BCUT2D eigenvalue weighted by Crippen LogP contribution is 2.47. The van der Waals surface area contributed by atoms with Crippen LogP contribution in [0.25, 0.3) is 0 Å². The summed E-state index contributed by atoms with van der Waals surface area (Å²) in [6, 6.07) is 16.1. The molecular weight excluding hydrogens is 302 g/mol. The Morgan fingerprint density at radius 1 is 1.00 bits per heavy atom. The Morgan fingerprint density at radius 3 is 2.71 bits per heavy atom. The lowest BCUT2D eigenvalue weighted by atomic mass is 9.98. The second-order valence-corrected chi connectivity index (χ2v) is 5.91. The zero-order valence-electron chi connectivity index (χ0n) is 12.9. The van der Waals surface area contributed by atoms with E-state index in [1.54, 1.807) is 18.7 Å². The number of hydrogen-bond donors (Lipinski definition) is 0. The molecule has 5 nitrogen and oxygen atoms in total. The molecule has 3 aromatic rings. The molecule has 0 fully saturated rings. The van der Waals surface area contributed by atoms with E-state index < -0.39 is 0 Å². The van der Waals surface area contributed by atoms with Gasteiger partial charge in [0, 0.05) is 29.9 Å². The molecular formula is C19H15N3O2. The number of rotatable bonds is 2. The van der Waals surface area contributed by atoms with Gasteiger partial charge in [0.2, 0.25) is 6.23 Å². The molecule has 118 valence electrons. The maximum absolute atomic E-state index is 6.26. The topological polar surface area (TPSA) is 50.9 Å². The fourth-order valence-electron chi connectivity index (χ4n) is 3.37. The third kappa shape index (κ3) is 2.01. The molecule has 4 heterocycles. The summed E-state index contributed by atoms with van der Waals surface area (Å²) < 4.78 is 11.8. The summed E-state index contributed by atoms with van der Waals surface area (Å²) in [5.74, 6) is 1.73. The SMILES string of the molecule is c1coc(C2=NN3[C@H](C2)c2ccccc2O[C@@H]3c2ccncc2)c1. The van der Waals surface area contributed by atoms with Gasteiger partial charge in [-0.15, -0.1) is 0 Å². The highest BCUT2D eigenvalue weighted by Gasteiger charge is 2.41. The summed E-state index contributed by atoms with van der Waals surface area (Å²) in [5, 5.41) is 6.86. The van der Waals surface area contributed by atoms with E-state index in [2.05, 4.69) is 11.1 Å². The van der Waals surface area contributed by atoms with Crippen LogP contribution in [0.3, 0.4) is 0 Å². The Labute approximate surface area is 139 Å². The van der Waals surface area contributed by atoms with Gasteiger partial charge in [0.25, 0.3) is 0 Å². The number of fused-ring (bicyclic) bond motifs is 3. The van der Waals surface area contributed by atoms with Crippen LogP contribution in [0.5, 0.6) is 5.75 Å². The second-order valence-electron chi connectivity index (χ2n) is 5.91. The minimum atomic E-state index is -0.264. The van der Waals surface area contributed by atoms with Crippen LogP contribution < -0.4 is 4.74 Å². The average Bonchev–Trinajstić information content (AvgIpc) is 3.31. The fraction of sp³-hybridized carbons (Fsp3) is 0.158. The smallest absolute Gasteiger partial charge is 0.213 e. The fourth-order valence-corrected chi connectivity index (χ4v) is 3.37. The number of benzene rings is 1. The van der Waals surface area contributed by atoms with E-state index >= 15 is 0 Å². The maximum atomic E-state index is 6.26. The summed E-state index contributed by atoms with van der Waals surface area (Å²) in [6.45, 7) is 0. The molecule has 0 saturated carbocycles. The van der Waals surface area contributed by atoms with Crippen LogP contribution in [0.4, 0.5) is 0 Å². The van der Waals surface area contributed by atoms with Gasteiger partial charge >= 0.3 is 0 Å². The number of furan rings is 1. The Bertz CT molecular complexity index is 890. The summed E-state index contributed by atoms with van der Waals surface area (Å²) >= 11 is 0. The van der Waals surface area contributed by atoms with Gasteiger partial charge in [-0.2, -0.15) is 5.10 Å². The predicted molar refractivity (Wildman–Crippen MR) is 88.5 cm³/mol. The minimum absolute atomic E-state index is 0.146. The summed E-state index contributed by atoms with van der Waals surface area (Å²) in [4.78, 5) is 4.10. The van der Waals surface area contributed by atoms with Crippen molar-refractivity contribution in [2.24, 2.45) is 5.10 Å². The lowest BCUT2D eigenvalue weighted by Gasteiger charge is -2.38. The molecule has 0 radical (unpaired) electrons. The highest BCUT2D eigenvalue weighted by molar-refractivity contribution is 5.99. The third-order valence-electron chi connectivity index (χ3n) is 4.50. The lowest BCUT2D eigenvalue weighted by molar-refractivity contribution is -0.0190. The molecule has 24 heavy (non-hydrogen) atoms. The molecule has 0 spiro atoms. The standard InChI is InChI=1S/C19H15N3O2/c1-2-5-17-14(4-1)16-12-15(18-6-3-11-23-18)21-22(16)19(24-17)13-7-9-20-10-8-13/h1-11,16,19H,12H2/t16-,19-/m1/s1. The van der Waals surface area contributed by atoms with Crippen molar-refractivity contribution in [3.05, 3.63) is 84.1 Å². The minimum Gasteiger partial charge on any atom is -0.464 e.